The van der Waals surface area contributed by atoms with Crippen LogP contribution in [0.25, 0.3) is 0 Å². The number of nitrogens with zero attached hydrogens (tertiary/aromatic N) is 2. The van der Waals surface area contributed by atoms with Crippen LogP contribution in [0.4, 0.5) is 11.4 Å². The van der Waals surface area contributed by atoms with Gasteiger partial charge in [-0.05, 0) is 55.3 Å². The van der Waals surface area contributed by atoms with Crippen molar-refractivity contribution >= 4 is 27.3 Å². The lowest BCUT2D eigenvalue weighted by Gasteiger charge is -2.17. The van der Waals surface area contributed by atoms with E-state index in [4.69, 9.17) is 4.42 Å². The fourth-order valence-corrected chi connectivity index (χ4v) is 4.35. The molecule has 8 nitrogen and oxygen atoms in total. The predicted molar refractivity (Wildman–Crippen MR) is 113 cm³/mol. The van der Waals surface area contributed by atoms with Crippen molar-refractivity contribution in [2.24, 2.45) is 0 Å². The van der Waals surface area contributed by atoms with Crippen LogP contribution >= 0.6 is 0 Å². The molecule has 3 heterocycles. The molecule has 3 aromatic rings. The van der Waals surface area contributed by atoms with Gasteiger partial charge in [0.2, 0.25) is 10.0 Å². The molecule has 0 aliphatic carbocycles. The molecule has 0 unspecified atom stereocenters. The molecular formula is C21H22N4O4S. The standard InChI is InChI=1S/C21H22N4O4S/c26-21(20-14-17(8-9-22-20)25-10-1-2-11-25)24-16-5-3-7-19(13-16)30(27,28)23-15-18-6-4-12-29-18/h3-9,12-14,23H,1-2,10-11,15H2,(H,24,26). The molecule has 1 fully saturated rings. The highest BCUT2D eigenvalue weighted by Gasteiger charge is 2.17. The number of furan rings is 1. The quantitative estimate of drug-likeness (QED) is 0.602. The number of carbonyl (C=O) groups excluding carboxylic acids is 1. The van der Waals surface area contributed by atoms with Crippen LogP contribution in [0.15, 0.2) is 70.3 Å². The predicted octanol–water partition coefficient (Wildman–Crippen LogP) is 3.01. The fraction of sp³-hybridized carbons (Fsp3) is 0.238. The molecule has 30 heavy (non-hydrogen) atoms. The lowest BCUT2D eigenvalue weighted by Crippen LogP contribution is -2.23. The minimum absolute atomic E-state index is 0.0408. The molecule has 1 aliphatic rings. The molecule has 0 spiro atoms. The van der Waals surface area contributed by atoms with E-state index in [1.807, 2.05) is 6.07 Å². The Labute approximate surface area is 175 Å². The zero-order chi connectivity index (χ0) is 21.0. The number of amides is 1. The maximum atomic E-state index is 12.7. The van der Waals surface area contributed by atoms with E-state index in [9.17, 15) is 13.2 Å². The average molecular weight is 426 g/mol. The second-order valence-corrected chi connectivity index (χ2v) is 8.75. The molecule has 0 saturated carbocycles. The number of nitrogens with one attached hydrogen (secondary N) is 2. The number of hydrogen-bond donors (Lipinski definition) is 2. The van der Waals surface area contributed by atoms with Gasteiger partial charge >= 0.3 is 0 Å². The number of aromatic nitrogens is 1. The number of anilines is 2. The Kier molecular flexibility index (Phi) is 5.82. The van der Waals surface area contributed by atoms with Gasteiger partial charge in [0.05, 0.1) is 17.7 Å². The smallest absolute Gasteiger partial charge is 0.274 e. The minimum Gasteiger partial charge on any atom is -0.468 e. The van der Waals surface area contributed by atoms with Gasteiger partial charge in [-0.15, -0.1) is 0 Å². The van der Waals surface area contributed by atoms with Crippen molar-refractivity contribution in [2.45, 2.75) is 24.3 Å². The average Bonchev–Trinajstić information content (AvgIpc) is 3.47. The first-order valence-corrected chi connectivity index (χ1v) is 11.1. The molecule has 1 aliphatic heterocycles. The number of pyridine rings is 1. The summed E-state index contributed by atoms with van der Waals surface area (Å²) in [5.41, 5.74) is 1.61. The topological polar surface area (TPSA) is 105 Å². The SMILES string of the molecule is O=C(Nc1cccc(S(=O)(=O)NCc2ccco2)c1)c1cc(N2CCCC2)ccn1. The summed E-state index contributed by atoms with van der Waals surface area (Å²) in [6, 6.07) is 13.1. The van der Waals surface area contributed by atoms with E-state index in [1.165, 1.54) is 18.4 Å². The molecule has 9 heteroatoms. The highest BCUT2D eigenvalue weighted by molar-refractivity contribution is 7.89. The first-order chi connectivity index (χ1) is 14.5. The molecule has 1 saturated heterocycles. The van der Waals surface area contributed by atoms with Crippen molar-refractivity contribution in [3.05, 3.63) is 72.4 Å². The molecule has 1 aromatic carbocycles. The van der Waals surface area contributed by atoms with Crippen molar-refractivity contribution < 1.29 is 17.6 Å². The van der Waals surface area contributed by atoms with Gasteiger partial charge in [0.1, 0.15) is 11.5 Å². The van der Waals surface area contributed by atoms with Crippen LogP contribution in [-0.2, 0) is 16.6 Å². The molecular weight excluding hydrogens is 404 g/mol. The molecule has 0 atom stereocenters. The Bertz CT molecular complexity index is 1120. The van der Waals surface area contributed by atoms with Crippen molar-refractivity contribution in [1.29, 1.82) is 0 Å². The normalized spacial score (nSPS) is 14.1. The van der Waals surface area contributed by atoms with Gasteiger partial charge in [0.25, 0.3) is 5.91 Å². The van der Waals surface area contributed by atoms with E-state index in [2.05, 4.69) is 19.9 Å². The maximum absolute atomic E-state index is 12.7. The van der Waals surface area contributed by atoms with Gasteiger partial charge in [0.15, 0.2) is 0 Å². The van der Waals surface area contributed by atoms with Gasteiger partial charge in [-0.1, -0.05) is 6.07 Å². The molecule has 156 valence electrons. The van der Waals surface area contributed by atoms with Crippen LogP contribution < -0.4 is 14.9 Å². The summed E-state index contributed by atoms with van der Waals surface area (Å²) in [5.74, 6) is 0.112. The van der Waals surface area contributed by atoms with Crippen molar-refractivity contribution in [3.63, 3.8) is 0 Å². The van der Waals surface area contributed by atoms with Gasteiger partial charge in [-0.25, -0.2) is 13.1 Å². The van der Waals surface area contributed by atoms with Crippen molar-refractivity contribution in [2.75, 3.05) is 23.3 Å². The first kappa shape index (κ1) is 20.1. The highest BCUT2D eigenvalue weighted by Crippen LogP contribution is 2.21. The third kappa shape index (κ3) is 4.69. The summed E-state index contributed by atoms with van der Waals surface area (Å²) in [6.45, 7) is 1.98. The van der Waals surface area contributed by atoms with E-state index in [0.29, 0.717) is 11.4 Å². The summed E-state index contributed by atoms with van der Waals surface area (Å²) in [7, 11) is -3.76. The van der Waals surface area contributed by atoms with Crippen LogP contribution in [0.2, 0.25) is 0 Å². The van der Waals surface area contributed by atoms with Gasteiger partial charge in [-0.2, -0.15) is 0 Å². The zero-order valence-electron chi connectivity index (χ0n) is 16.2. The molecule has 4 rings (SSSR count). The maximum Gasteiger partial charge on any atom is 0.274 e. The van der Waals surface area contributed by atoms with E-state index < -0.39 is 15.9 Å². The van der Waals surface area contributed by atoms with Crippen molar-refractivity contribution in [3.8, 4) is 0 Å². The van der Waals surface area contributed by atoms with Gasteiger partial charge < -0.3 is 14.6 Å². The summed E-state index contributed by atoms with van der Waals surface area (Å²) in [5, 5.41) is 2.73. The van der Waals surface area contributed by atoms with Crippen LogP contribution in [-0.4, -0.2) is 32.4 Å². The number of rotatable bonds is 7. The second kappa shape index (κ2) is 8.68. The second-order valence-electron chi connectivity index (χ2n) is 6.98. The third-order valence-electron chi connectivity index (χ3n) is 4.87. The molecule has 0 bridgehead atoms. The number of hydrogen-bond acceptors (Lipinski definition) is 6. The van der Waals surface area contributed by atoms with Crippen LogP contribution in [0.3, 0.4) is 0 Å². The highest BCUT2D eigenvalue weighted by atomic mass is 32.2. The molecule has 0 radical (unpaired) electrons. The van der Waals surface area contributed by atoms with E-state index >= 15 is 0 Å². The Morgan fingerprint density at radius 2 is 1.93 bits per heavy atom. The van der Waals surface area contributed by atoms with Crippen LogP contribution in [0.1, 0.15) is 29.1 Å². The monoisotopic (exact) mass is 426 g/mol. The van der Waals surface area contributed by atoms with E-state index in [0.717, 1.165) is 31.6 Å². The molecule has 1 amide bonds. The minimum atomic E-state index is -3.76. The summed E-state index contributed by atoms with van der Waals surface area (Å²) in [6.07, 6.45) is 5.37. The lowest BCUT2D eigenvalue weighted by atomic mass is 10.2. The Balaban J connectivity index is 1.46. The zero-order valence-corrected chi connectivity index (χ0v) is 17.1. The van der Waals surface area contributed by atoms with Gasteiger partial charge in [-0.3, -0.25) is 9.78 Å². The Hall–Kier alpha value is -3.17. The van der Waals surface area contributed by atoms with Crippen molar-refractivity contribution in [1.82, 2.24) is 9.71 Å². The van der Waals surface area contributed by atoms with Crippen LogP contribution in [0.5, 0.6) is 0 Å². The summed E-state index contributed by atoms with van der Waals surface area (Å²) < 4.78 is 32.7. The summed E-state index contributed by atoms with van der Waals surface area (Å²) >= 11 is 0. The third-order valence-corrected chi connectivity index (χ3v) is 6.27. The fourth-order valence-electron chi connectivity index (χ4n) is 3.31. The molecule has 2 N–H and O–H groups in total. The lowest BCUT2D eigenvalue weighted by molar-refractivity contribution is 0.102. The Morgan fingerprint density at radius 3 is 2.70 bits per heavy atom. The number of sulfonamides is 1. The summed E-state index contributed by atoms with van der Waals surface area (Å²) in [4.78, 5) is 19.1. The number of carbonyl (C=O) groups is 1. The first-order valence-electron chi connectivity index (χ1n) is 9.66. The van der Waals surface area contributed by atoms with E-state index in [1.54, 1.807) is 36.5 Å². The Morgan fingerprint density at radius 1 is 1.10 bits per heavy atom. The molecule has 2 aromatic heterocycles. The van der Waals surface area contributed by atoms with Crippen LogP contribution in [0, 0.1) is 0 Å². The van der Waals surface area contributed by atoms with Gasteiger partial charge in [0, 0.05) is 30.7 Å². The number of benzene rings is 1. The van der Waals surface area contributed by atoms with E-state index in [-0.39, 0.29) is 17.1 Å². The largest absolute Gasteiger partial charge is 0.468 e.